The average Bonchev–Trinajstić information content (AvgIpc) is 3.09. The molecule has 5 nitrogen and oxygen atoms in total. The summed E-state index contributed by atoms with van der Waals surface area (Å²) in [6.07, 6.45) is 3.60. The number of nitrogens with one attached hydrogen (secondary N) is 3. The molecule has 5 heteroatoms. The van der Waals surface area contributed by atoms with Crippen molar-refractivity contribution in [1.29, 1.82) is 0 Å². The van der Waals surface area contributed by atoms with Gasteiger partial charge in [-0.1, -0.05) is 19.1 Å². The van der Waals surface area contributed by atoms with Gasteiger partial charge in [0.1, 0.15) is 0 Å². The van der Waals surface area contributed by atoms with Gasteiger partial charge in [-0.2, -0.15) is 0 Å². The fourth-order valence-electron chi connectivity index (χ4n) is 2.75. The quantitative estimate of drug-likeness (QED) is 0.685. The van der Waals surface area contributed by atoms with E-state index >= 15 is 0 Å². The van der Waals surface area contributed by atoms with Gasteiger partial charge in [0.05, 0.1) is 0 Å². The lowest BCUT2D eigenvalue weighted by Gasteiger charge is -2.10. The summed E-state index contributed by atoms with van der Waals surface area (Å²) in [5, 5.41) is 9.12. The van der Waals surface area contributed by atoms with Crippen LogP contribution in [0, 0.1) is 5.92 Å². The second-order valence-electron chi connectivity index (χ2n) is 6.13. The second kappa shape index (κ2) is 9.30. The number of benzene rings is 1. The molecular formula is C18H27N3O2. The summed E-state index contributed by atoms with van der Waals surface area (Å²) in [5.74, 6) is 0.651. The molecule has 1 saturated heterocycles. The lowest BCUT2D eigenvalue weighted by Crippen LogP contribution is -2.25. The molecule has 0 spiro atoms. The highest BCUT2D eigenvalue weighted by Gasteiger charge is 2.15. The lowest BCUT2D eigenvalue weighted by atomic mass is 10.0. The Kier molecular flexibility index (Phi) is 7.07. The van der Waals surface area contributed by atoms with Gasteiger partial charge >= 0.3 is 0 Å². The van der Waals surface area contributed by atoms with Crippen LogP contribution in [0.5, 0.6) is 0 Å². The Morgan fingerprint density at radius 3 is 2.91 bits per heavy atom. The Hall–Kier alpha value is -1.88. The van der Waals surface area contributed by atoms with Gasteiger partial charge in [-0.25, -0.2) is 0 Å². The van der Waals surface area contributed by atoms with E-state index in [4.69, 9.17) is 0 Å². The maximum absolute atomic E-state index is 11.9. The fraction of sp³-hybridized carbons (Fsp3) is 0.556. The number of amides is 2. The van der Waals surface area contributed by atoms with Crippen molar-refractivity contribution in [3.8, 4) is 0 Å². The van der Waals surface area contributed by atoms with E-state index in [1.807, 2.05) is 25.1 Å². The Bertz CT molecular complexity index is 525. The van der Waals surface area contributed by atoms with E-state index in [1.54, 1.807) is 6.07 Å². The molecule has 1 heterocycles. The summed E-state index contributed by atoms with van der Waals surface area (Å²) in [4.78, 5) is 23.9. The van der Waals surface area contributed by atoms with Crippen molar-refractivity contribution in [2.45, 2.75) is 39.2 Å². The monoisotopic (exact) mass is 317 g/mol. The summed E-state index contributed by atoms with van der Waals surface area (Å²) in [6, 6.07) is 7.42. The molecule has 23 heavy (non-hydrogen) atoms. The standard InChI is InChI=1S/C18H27N3O2/c1-2-9-20-18(23)16-5-3-4-15(11-16)13-21-17(22)7-6-14-8-10-19-12-14/h3-5,11,14,19H,2,6-10,12-13H2,1H3,(H,20,23)(H,21,22). The molecule has 1 fully saturated rings. The molecule has 2 rings (SSSR count). The third-order valence-corrected chi connectivity index (χ3v) is 4.16. The molecule has 126 valence electrons. The highest BCUT2D eigenvalue weighted by atomic mass is 16.2. The highest BCUT2D eigenvalue weighted by molar-refractivity contribution is 5.94. The molecule has 1 aromatic rings. The Morgan fingerprint density at radius 2 is 2.17 bits per heavy atom. The first-order chi connectivity index (χ1) is 11.2. The van der Waals surface area contributed by atoms with E-state index in [2.05, 4.69) is 16.0 Å². The Balaban J connectivity index is 1.76. The maximum Gasteiger partial charge on any atom is 0.251 e. The molecule has 0 bridgehead atoms. The van der Waals surface area contributed by atoms with E-state index in [1.165, 1.54) is 6.42 Å². The predicted molar refractivity (Wildman–Crippen MR) is 91.1 cm³/mol. The largest absolute Gasteiger partial charge is 0.352 e. The Morgan fingerprint density at radius 1 is 1.30 bits per heavy atom. The van der Waals surface area contributed by atoms with Crippen LogP contribution in [0.2, 0.25) is 0 Å². The topological polar surface area (TPSA) is 70.2 Å². The van der Waals surface area contributed by atoms with Crippen molar-refractivity contribution in [1.82, 2.24) is 16.0 Å². The van der Waals surface area contributed by atoms with Crippen LogP contribution in [-0.2, 0) is 11.3 Å². The van der Waals surface area contributed by atoms with Crippen molar-refractivity contribution in [3.05, 3.63) is 35.4 Å². The summed E-state index contributed by atoms with van der Waals surface area (Å²) >= 11 is 0. The third kappa shape index (κ3) is 6.02. The normalized spacial score (nSPS) is 17.0. The van der Waals surface area contributed by atoms with Gasteiger partial charge < -0.3 is 16.0 Å². The van der Waals surface area contributed by atoms with Crippen LogP contribution >= 0.6 is 0 Å². The first-order valence-corrected chi connectivity index (χ1v) is 8.53. The molecule has 0 saturated carbocycles. The average molecular weight is 317 g/mol. The molecule has 0 aromatic heterocycles. The maximum atomic E-state index is 11.9. The van der Waals surface area contributed by atoms with Crippen LogP contribution in [0.1, 0.15) is 48.5 Å². The van der Waals surface area contributed by atoms with Crippen molar-refractivity contribution in [2.75, 3.05) is 19.6 Å². The van der Waals surface area contributed by atoms with Crippen LogP contribution in [-0.4, -0.2) is 31.4 Å². The number of hydrogen-bond donors (Lipinski definition) is 3. The van der Waals surface area contributed by atoms with Gasteiger partial charge in [-0.15, -0.1) is 0 Å². The fourth-order valence-corrected chi connectivity index (χ4v) is 2.75. The predicted octanol–water partition coefficient (Wildman–Crippen LogP) is 1.83. The van der Waals surface area contributed by atoms with Crippen LogP contribution < -0.4 is 16.0 Å². The van der Waals surface area contributed by atoms with Gasteiger partial charge in [0.15, 0.2) is 0 Å². The highest BCUT2D eigenvalue weighted by Crippen LogP contribution is 2.14. The molecule has 0 radical (unpaired) electrons. The summed E-state index contributed by atoms with van der Waals surface area (Å²) in [6.45, 7) is 5.27. The summed E-state index contributed by atoms with van der Waals surface area (Å²) < 4.78 is 0. The van der Waals surface area contributed by atoms with Crippen LogP contribution in [0.4, 0.5) is 0 Å². The molecule has 2 amide bonds. The minimum Gasteiger partial charge on any atom is -0.352 e. The van der Waals surface area contributed by atoms with Crippen molar-refractivity contribution in [3.63, 3.8) is 0 Å². The van der Waals surface area contributed by atoms with E-state index < -0.39 is 0 Å². The minimum absolute atomic E-state index is 0.0613. The molecule has 3 N–H and O–H groups in total. The molecule has 0 aliphatic carbocycles. The number of rotatable bonds is 8. The van der Waals surface area contributed by atoms with Gasteiger partial charge in [-0.05, 0) is 56.0 Å². The molecule has 1 aromatic carbocycles. The van der Waals surface area contributed by atoms with E-state index in [-0.39, 0.29) is 11.8 Å². The van der Waals surface area contributed by atoms with Crippen molar-refractivity contribution in [2.24, 2.45) is 5.92 Å². The van der Waals surface area contributed by atoms with E-state index in [0.717, 1.165) is 31.5 Å². The zero-order chi connectivity index (χ0) is 16.5. The smallest absolute Gasteiger partial charge is 0.251 e. The zero-order valence-electron chi connectivity index (χ0n) is 13.9. The number of carbonyl (C=O) groups is 2. The molecular weight excluding hydrogens is 290 g/mol. The molecule has 1 unspecified atom stereocenters. The third-order valence-electron chi connectivity index (χ3n) is 4.16. The van der Waals surface area contributed by atoms with Crippen molar-refractivity contribution >= 4 is 11.8 Å². The van der Waals surface area contributed by atoms with E-state index in [9.17, 15) is 9.59 Å². The van der Waals surface area contributed by atoms with Gasteiger partial charge in [0, 0.05) is 25.1 Å². The van der Waals surface area contributed by atoms with E-state index in [0.29, 0.717) is 31.0 Å². The minimum atomic E-state index is -0.0613. The molecule has 1 atom stereocenters. The van der Waals surface area contributed by atoms with Crippen molar-refractivity contribution < 1.29 is 9.59 Å². The van der Waals surface area contributed by atoms with Gasteiger partial charge in [0.25, 0.3) is 5.91 Å². The van der Waals surface area contributed by atoms with Crippen LogP contribution in [0.15, 0.2) is 24.3 Å². The molecule has 1 aliphatic heterocycles. The van der Waals surface area contributed by atoms with Gasteiger partial charge in [-0.3, -0.25) is 9.59 Å². The first-order valence-electron chi connectivity index (χ1n) is 8.53. The Labute approximate surface area is 138 Å². The summed E-state index contributed by atoms with van der Waals surface area (Å²) in [5.41, 5.74) is 1.59. The number of carbonyl (C=O) groups excluding carboxylic acids is 2. The first kappa shape index (κ1) is 17.5. The number of hydrogen-bond acceptors (Lipinski definition) is 3. The summed E-state index contributed by atoms with van der Waals surface area (Å²) in [7, 11) is 0. The van der Waals surface area contributed by atoms with Crippen LogP contribution in [0.25, 0.3) is 0 Å². The zero-order valence-corrected chi connectivity index (χ0v) is 13.9. The van der Waals surface area contributed by atoms with Gasteiger partial charge in [0.2, 0.25) is 5.91 Å². The van der Waals surface area contributed by atoms with Crippen LogP contribution in [0.3, 0.4) is 0 Å². The SMILES string of the molecule is CCCNC(=O)c1cccc(CNC(=O)CCC2CCNC2)c1. The molecule has 1 aliphatic rings. The second-order valence-corrected chi connectivity index (χ2v) is 6.13. The lowest BCUT2D eigenvalue weighted by molar-refractivity contribution is -0.121.